The minimum absolute atomic E-state index is 0.322. The Bertz CT molecular complexity index is 653. The number of aromatic amines is 1. The van der Waals surface area contributed by atoms with E-state index in [-0.39, 0.29) is 5.91 Å². The molecule has 21 heavy (non-hydrogen) atoms. The molecule has 1 aromatic heterocycles. The van der Waals surface area contributed by atoms with Gasteiger partial charge in [-0.1, -0.05) is 38.1 Å². The van der Waals surface area contributed by atoms with Gasteiger partial charge in [-0.3, -0.25) is 9.89 Å². The fourth-order valence-corrected chi connectivity index (χ4v) is 1.90. The summed E-state index contributed by atoms with van der Waals surface area (Å²) in [7, 11) is 0. The normalized spacial score (nSPS) is 11.8. The number of H-pyrrole nitrogens is 1. The Kier molecular flexibility index (Phi) is 4.52. The second kappa shape index (κ2) is 6.35. The molecule has 0 spiro atoms. The number of carbonyl (C=O) groups excluding carboxylic acids is 1. The number of nitrogens with zero attached hydrogens (tertiary/aromatic N) is 2. The quantitative estimate of drug-likeness (QED) is 0.669. The molecule has 0 aliphatic rings. The van der Waals surface area contributed by atoms with Gasteiger partial charge in [0.1, 0.15) is 0 Å². The van der Waals surface area contributed by atoms with Crippen LogP contribution < -0.4 is 5.43 Å². The number of aromatic nitrogens is 2. The molecule has 5 heteroatoms. The molecule has 5 nitrogen and oxygen atoms in total. The van der Waals surface area contributed by atoms with Crippen LogP contribution in [0.1, 0.15) is 54.0 Å². The first-order chi connectivity index (χ1) is 9.97. The van der Waals surface area contributed by atoms with Gasteiger partial charge in [0.15, 0.2) is 5.69 Å². The third-order valence-corrected chi connectivity index (χ3v) is 3.26. The average molecular weight is 284 g/mol. The minimum Gasteiger partial charge on any atom is -0.282 e. The Balaban J connectivity index is 2.05. The van der Waals surface area contributed by atoms with Gasteiger partial charge in [0.25, 0.3) is 5.91 Å². The maximum Gasteiger partial charge on any atom is 0.291 e. The third kappa shape index (κ3) is 3.78. The van der Waals surface area contributed by atoms with Crippen molar-refractivity contribution in [1.82, 2.24) is 15.6 Å². The van der Waals surface area contributed by atoms with Gasteiger partial charge in [-0.15, -0.1) is 0 Å². The molecule has 110 valence electrons. The average Bonchev–Trinajstić information content (AvgIpc) is 2.91. The van der Waals surface area contributed by atoms with Crippen LogP contribution >= 0.6 is 0 Å². The number of hydrogen-bond donors (Lipinski definition) is 2. The molecular formula is C16H20N4O. The Hall–Kier alpha value is -2.43. The summed E-state index contributed by atoms with van der Waals surface area (Å²) in [6, 6.07) is 9.87. The summed E-state index contributed by atoms with van der Waals surface area (Å²) < 4.78 is 0. The highest BCUT2D eigenvalue weighted by atomic mass is 16.2. The van der Waals surface area contributed by atoms with Gasteiger partial charge in [-0.2, -0.15) is 10.2 Å². The fourth-order valence-electron chi connectivity index (χ4n) is 1.90. The molecule has 1 aromatic carbocycles. The van der Waals surface area contributed by atoms with E-state index in [1.807, 2.05) is 26.0 Å². The second-order valence-corrected chi connectivity index (χ2v) is 5.35. The fraction of sp³-hybridized carbons (Fsp3) is 0.312. The van der Waals surface area contributed by atoms with Crippen LogP contribution in [0.5, 0.6) is 0 Å². The van der Waals surface area contributed by atoms with Crippen LogP contribution in [-0.2, 0) is 0 Å². The van der Waals surface area contributed by atoms with Crippen molar-refractivity contribution in [1.29, 1.82) is 0 Å². The van der Waals surface area contributed by atoms with E-state index in [9.17, 15) is 4.79 Å². The molecule has 1 heterocycles. The van der Waals surface area contributed by atoms with E-state index in [1.165, 1.54) is 5.56 Å². The van der Waals surface area contributed by atoms with Crippen molar-refractivity contribution < 1.29 is 4.79 Å². The summed E-state index contributed by atoms with van der Waals surface area (Å²) in [5, 5.41) is 10.7. The van der Waals surface area contributed by atoms with Crippen molar-refractivity contribution >= 4 is 11.6 Å². The molecule has 0 atom stereocenters. The van der Waals surface area contributed by atoms with Gasteiger partial charge in [0, 0.05) is 5.69 Å². The summed E-state index contributed by atoms with van der Waals surface area (Å²) in [6.45, 7) is 8.01. The number of nitrogens with one attached hydrogen (secondary N) is 2. The van der Waals surface area contributed by atoms with Crippen molar-refractivity contribution in [2.75, 3.05) is 0 Å². The molecule has 0 aliphatic heterocycles. The minimum atomic E-state index is -0.322. The molecular weight excluding hydrogens is 264 g/mol. The van der Waals surface area contributed by atoms with Crippen LogP contribution in [0.15, 0.2) is 35.4 Å². The van der Waals surface area contributed by atoms with Crippen LogP contribution in [0.4, 0.5) is 0 Å². The van der Waals surface area contributed by atoms with Gasteiger partial charge in [-0.05, 0) is 37.0 Å². The summed E-state index contributed by atoms with van der Waals surface area (Å²) in [4.78, 5) is 11.8. The first kappa shape index (κ1) is 15.0. The number of amides is 1. The molecule has 0 unspecified atom stereocenters. The van der Waals surface area contributed by atoms with Gasteiger partial charge < -0.3 is 0 Å². The van der Waals surface area contributed by atoms with Gasteiger partial charge in [0.05, 0.1) is 5.71 Å². The predicted octanol–water partition coefficient (Wildman–Crippen LogP) is 3.00. The van der Waals surface area contributed by atoms with E-state index in [4.69, 9.17) is 0 Å². The number of hydrogen-bond acceptors (Lipinski definition) is 3. The highest BCUT2D eigenvalue weighted by Crippen LogP contribution is 2.15. The molecule has 0 radical (unpaired) electrons. The maximum atomic E-state index is 11.8. The first-order valence-electron chi connectivity index (χ1n) is 6.94. The Morgan fingerprint density at radius 3 is 2.48 bits per heavy atom. The van der Waals surface area contributed by atoms with Crippen molar-refractivity contribution in [2.24, 2.45) is 5.10 Å². The van der Waals surface area contributed by atoms with Gasteiger partial charge in [-0.25, -0.2) is 5.43 Å². The maximum absolute atomic E-state index is 11.8. The number of rotatable bonds is 4. The lowest BCUT2D eigenvalue weighted by Gasteiger charge is -2.06. The number of carbonyl (C=O) groups is 1. The zero-order valence-electron chi connectivity index (χ0n) is 12.8. The summed E-state index contributed by atoms with van der Waals surface area (Å²) in [6.07, 6.45) is 0. The zero-order chi connectivity index (χ0) is 15.4. The van der Waals surface area contributed by atoms with Crippen molar-refractivity contribution in [3.8, 4) is 0 Å². The van der Waals surface area contributed by atoms with Gasteiger partial charge in [0.2, 0.25) is 0 Å². The topological polar surface area (TPSA) is 70.1 Å². The molecule has 0 bridgehead atoms. The Labute approximate surface area is 124 Å². The first-order valence-corrected chi connectivity index (χ1v) is 6.94. The van der Waals surface area contributed by atoms with E-state index in [0.717, 1.165) is 17.0 Å². The SMILES string of the molecule is C/C(=N\NC(=O)c1cc(C)[nH]n1)c1ccc(C(C)C)cc1. The molecule has 2 N–H and O–H groups in total. The van der Waals surface area contributed by atoms with Gasteiger partial charge >= 0.3 is 0 Å². The molecule has 0 aliphatic carbocycles. The number of hydrazone groups is 1. The lowest BCUT2D eigenvalue weighted by molar-refractivity contribution is 0.0950. The van der Waals surface area contributed by atoms with E-state index in [1.54, 1.807) is 6.07 Å². The van der Waals surface area contributed by atoms with Crippen molar-refractivity contribution in [3.63, 3.8) is 0 Å². The van der Waals surface area contributed by atoms with Crippen LogP contribution in [0.3, 0.4) is 0 Å². The third-order valence-electron chi connectivity index (χ3n) is 3.26. The number of aryl methyl sites for hydroxylation is 1. The second-order valence-electron chi connectivity index (χ2n) is 5.35. The standard InChI is InChI=1S/C16H20N4O/c1-10(2)13-5-7-14(8-6-13)12(4)18-20-16(21)15-9-11(3)17-19-15/h5-10H,1-4H3,(H,17,19)(H,20,21)/b18-12+. The predicted molar refractivity (Wildman–Crippen MR) is 83.5 cm³/mol. The van der Waals surface area contributed by atoms with Crippen molar-refractivity contribution in [2.45, 2.75) is 33.6 Å². The van der Waals surface area contributed by atoms with E-state index < -0.39 is 0 Å². The lowest BCUT2D eigenvalue weighted by atomic mass is 10.0. The zero-order valence-corrected chi connectivity index (χ0v) is 12.8. The van der Waals surface area contributed by atoms with Crippen LogP contribution in [0, 0.1) is 6.92 Å². The highest BCUT2D eigenvalue weighted by Gasteiger charge is 2.08. The molecule has 2 rings (SSSR count). The monoisotopic (exact) mass is 284 g/mol. The Morgan fingerprint density at radius 2 is 1.95 bits per heavy atom. The Morgan fingerprint density at radius 1 is 1.29 bits per heavy atom. The van der Waals surface area contributed by atoms with E-state index in [0.29, 0.717) is 11.6 Å². The van der Waals surface area contributed by atoms with E-state index in [2.05, 4.69) is 46.7 Å². The molecule has 0 fully saturated rings. The molecule has 0 saturated heterocycles. The van der Waals surface area contributed by atoms with Crippen LogP contribution in [-0.4, -0.2) is 21.8 Å². The molecule has 2 aromatic rings. The highest BCUT2D eigenvalue weighted by molar-refractivity contribution is 6.00. The van der Waals surface area contributed by atoms with E-state index >= 15 is 0 Å². The number of benzene rings is 1. The smallest absolute Gasteiger partial charge is 0.282 e. The summed E-state index contributed by atoms with van der Waals surface area (Å²) in [5.41, 5.74) is 6.70. The van der Waals surface area contributed by atoms with Crippen molar-refractivity contribution in [3.05, 3.63) is 52.8 Å². The largest absolute Gasteiger partial charge is 0.291 e. The lowest BCUT2D eigenvalue weighted by Crippen LogP contribution is -2.19. The van der Waals surface area contributed by atoms with Crippen LogP contribution in [0.25, 0.3) is 0 Å². The molecule has 1 amide bonds. The summed E-state index contributed by atoms with van der Waals surface area (Å²) >= 11 is 0. The summed E-state index contributed by atoms with van der Waals surface area (Å²) in [5.74, 6) is 0.177. The van der Waals surface area contributed by atoms with Crippen LogP contribution in [0.2, 0.25) is 0 Å². The molecule has 0 saturated carbocycles.